The van der Waals surface area contributed by atoms with Crippen molar-refractivity contribution in [1.29, 1.82) is 0 Å². The van der Waals surface area contributed by atoms with E-state index < -0.39 is 12.0 Å². The number of likely N-dealkylation sites (N-methyl/N-ethyl adjacent to an activating group) is 1. The van der Waals surface area contributed by atoms with Crippen molar-refractivity contribution in [3.05, 3.63) is 29.8 Å². The van der Waals surface area contributed by atoms with Gasteiger partial charge in [-0.05, 0) is 19.1 Å². The average Bonchev–Trinajstić information content (AvgIpc) is 1.95. The first-order valence-corrected chi connectivity index (χ1v) is 3.56. The van der Waals surface area contributed by atoms with Gasteiger partial charge in [0, 0.05) is 13.0 Å². The second-order valence-corrected chi connectivity index (χ2v) is 2.31. The van der Waals surface area contributed by atoms with Crippen molar-refractivity contribution >= 4 is 0 Å². The highest BCUT2D eigenvalue weighted by molar-refractivity contribution is 5.30. The molecule has 0 unspecified atom stereocenters. The molecule has 0 aromatic heterocycles. The predicted molar refractivity (Wildman–Crippen MR) is 39.9 cm³/mol. The molecular weight excluding hydrogens is 148 g/mol. The SMILES string of the molecule is CCNC1=C(F)C[C](F)C=C1. The summed E-state index contributed by atoms with van der Waals surface area (Å²) in [4.78, 5) is 0. The highest BCUT2D eigenvalue weighted by atomic mass is 19.1. The zero-order valence-electron chi connectivity index (χ0n) is 6.32. The third-order valence-electron chi connectivity index (χ3n) is 1.41. The van der Waals surface area contributed by atoms with E-state index in [0.717, 1.165) is 0 Å². The van der Waals surface area contributed by atoms with Crippen molar-refractivity contribution in [2.45, 2.75) is 13.3 Å². The molecule has 0 amide bonds. The van der Waals surface area contributed by atoms with Crippen LogP contribution in [0.4, 0.5) is 8.78 Å². The second-order valence-electron chi connectivity index (χ2n) is 2.31. The van der Waals surface area contributed by atoms with E-state index in [0.29, 0.717) is 12.2 Å². The Morgan fingerprint density at radius 1 is 1.45 bits per heavy atom. The van der Waals surface area contributed by atoms with Crippen LogP contribution in [0.5, 0.6) is 0 Å². The summed E-state index contributed by atoms with van der Waals surface area (Å²) >= 11 is 0. The molecule has 1 N–H and O–H groups in total. The van der Waals surface area contributed by atoms with Gasteiger partial charge in [0.2, 0.25) is 0 Å². The van der Waals surface area contributed by atoms with Gasteiger partial charge in [0.15, 0.2) is 6.17 Å². The van der Waals surface area contributed by atoms with Crippen LogP contribution in [-0.2, 0) is 0 Å². The number of hydrogen-bond donors (Lipinski definition) is 1. The van der Waals surface area contributed by atoms with Gasteiger partial charge in [0.05, 0.1) is 5.70 Å². The molecule has 1 aliphatic carbocycles. The minimum absolute atomic E-state index is 0.209. The lowest BCUT2D eigenvalue weighted by molar-refractivity contribution is 0.468. The van der Waals surface area contributed by atoms with Crippen LogP contribution >= 0.6 is 0 Å². The summed E-state index contributed by atoms with van der Waals surface area (Å²) < 4.78 is 25.2. The monoisotopic (exact) mass is 158 g/mol. The van der Waals surface area contributed by atoms with Gasteiger partial charge in [0.25, 0.3) is 0 Å². The van der Waals surface area contributed by atoms with Crippen LogP contribution in [0.2, 0.25) is 0 Å². The minimum atomic E-state index is -0.427. The molecule has 3 heteroatoms. The summed E-state index contributed by atoms with van der Waals surface area (Å²) in [5.74, 6) is -0.424. The lowest BCUT2D eigenvalue weighted by Gasteiger charge is -2.11. The van der Waals surface area contributed by atoms with E-state index in [1.807, 2.05) is 6.92 Å². The molecule has 0 saturated carbocycles. The van der Waals surface area contributed by atoms with Crippen LogP contribution in [0.3, 0.4) is 0 Å². The first kappa shape index (κ1) is 8.24. The van der Waals surface area contributed by atoms with Crippen molar-refractivity contribution in [2.24, 2.45) is 0 Å². The Balaban J connectivity index is 2.64. The van der Waals surface area contributed by atoms with E-state index in [9.17, 15) is 8.78 Å². The van der Waals surface area contributed by atoms with E-state index in [2.05, 4.69) is 5.32 Å². The molecule has 0 fully saturated rings. The molecule has 0 aromatic rings. The van der Waals surface area contributed by atoms with Crippen LogP contribution in [-0.4, -0.2) is 6.54 Å². The Hall–Kier alpha value is -0.860. The fraction of sp³-hybridized carbons (Fsp3) is 0.375. The van der Waals surface area contributed by atoms with Gasteiger partial charge in [0.1, 0.15) is 5.83 Å². The molecule has 0 bridgehead atoms. The van der Waals surface area contributed by atoms with E-state index in [1.54, 1.807) is 0 Å². The van der Waals surface area contributed by atoms with E-state index in [1.165, 1.54) is 12.2 Å². The van der Waals surface area contributed by atoms with Crippen LogP contribution in [0.15, 0.2) is 23.7 Å². The smallest absolute Gasteiger partial charge is 0.173 e. The Labute approximate surface area is 64.8 Å². The fourth-order valence-corrected chi connectivity index (χ4v) is 0.912. The van der Waals surface area contributed by atoms with Gasteiger partial charge in [-0.1, -0.05) is 0 Å². The largest absolute Gasteiger partial charge is 0.383 e. The normalized spacial score (nSPS) is 19.2. The lowest BCUT2D eigenvalue weighted by Crippen LogP contribution is -2.14. The van der Waals surface area contributed by atoms with Crippen molar-refractivity contribution in [3.63, 3.8) is 0 Å². The molecule has 1 radical (unpaired) electrons. The van der Waals surface area contributed by atoms with Crippen molar-refractivity contribution < 1.29 is 8.78 Å². The molecule has 0 heterocycles. The Bertz CT molecular complexity index is 196. The number of hydrogen-bond acceptors (Lipinski definition) is 1. The molecule has 1 rings (SSSR count). The molecule has 61 valence electrons. The van der Waals surface area contributed by atoms with Crippen LogP contribution in [0.25, 0.3) is 0 Å². The molecule has 0 aromatic carbocycles. The average molecular weight is 158 g/mol. The van der Waals surface area contributed by atoms with Crippen molar-refractivity contribution in [3.8, 4) is 0 Å². The van der Waals surface area contributed by atoms with Crippen LogP contribution in [0, 0.1) is 6.17 Å². The summed E-state index contributed by atoms with van der Waals surface area (Å²) in [7, 11) is 0. The highest BCUT2D eigenvalue weighted by Crippen LogP contribution is 2.25. The second kappa shape index (κ2) is 3.51. The number of allylic oxidation sites excluding steroid dienone is 3. The summed E-state index contributed by atoms with van der Waals surface area (Å²) in [6, 6.07) is 0. The third kappa shape index (κ3) is 2.03. The first-order valence-electron chi connectivity index (χ1n) is 3.56. The highest BCUT2D eigenvalue weighted by Gasteiger charge is 2.15. The number of halogens is 2. The molecule has 0 spiro atoms. The van der Waals surface area contributed by atoms with E-state index in [4.69, 9.17) is 0 Å². The zero-order chi connectivity index (χ0) is 8.27. The number of rotatable bonds is 2. The summed E-state index contributed by atoms with van der Waals surface area (Å²) in [6.45, 7) is 2.51. The maximum Gasteiger partial charge on any atom is 0.173 e. The van der Waals surface area contributed by atoms with Gasteiger partial charge in [-0.25, -0.2) is 8.78 Å². The maximum atomic E-state index is 12.8. The maximum absolute atomic E-state index is 12.8. The van der Waals surface area contributed by atoms with Gasteiger partial charge < -0.3 is 5.32 Å². The van der Waals surface area contributed by atoms with Crippen LogP contribution in [0.1, 0.15) is 13.3 Å². The Morgan fingerprint density at radius 3 is 2.73 bits per heavy atom. The molecule has 1 nitrogen and oxygen atoms in total. The fourth-order valence-electron chi connectivity index (χ4n) is 0.912. The Kier molecular flexibility index (Phi) is 2.63. The first-order chi connectivity index (χ1) is 5.24. The molecule has 0 atom stereocenters. The Morgan fingerprint density at radius 2 is 2.18 bits per heavy atom. The molecule has 0 aliphatic heterocycles. The zero-order valence-corrected chi connectivity index (χ0v) is 6.32. The summed E-state index contributed by atoms with van der Waals surface area (Å²) in [5, 5.41) is 2.79. The summed E-state index contributed by atoms with van der Waals surface area (Å²) in [5.41, 5.74) is 0.397. The van der Waals surface area contributed by atoms with Crippen LogP contribution < -0.4 is 5.32 Å². The van der Waals surface area contributed by atoms with Crippen molar-refractivity contribution in [2.75, 3.05) is 6.54 Å². The molecule has 1 aliphatic rings. The molecule has 0 saturated heterocycles. The topological polar surface area (TPSA) is 12.0 Å². The van der Waals surface area contributed by atoms with Gasteiger partial charge in [-0.15, -0.1) is 0 Å². The lowest BCUT2D eigenvalue weighted by atomic mass is 10.1. The molecular formula is C8H10F2N. The van der Waals surface area contributed by atoms with E-state index in [-0.39, 0.29) is 6.42 Å². The van der Waals surface area contributed by atoms with E-state index >= 15 is 0 Å². The molecule has 11 heavy (non-hydrogen) atoms. The van der Waals surface area contributed by atoms with Gasteiger partial charge >= 0.3 is 0 Å². The third-order valence-corrected chi connectivity index (χ3v) is 1.41. The standard InChI is InChI=1S/C8H10F2N/c1-2-11-8-4-3-6(9)5-7(8)10/h3-4,11H,2,5H2,1H3. The van der Waals surface area contributed by atoms with Gasteiger partial charge in [-0.3, -0.25) is 0 Å². The number of nitrogens with one attached hydrogen (secondary N) is 1. The van der Waals surface area contributed by atoms with Crippen molar-refractivity contribution in [1.82, 2.24) is 5.32 Å². The van der Waals surface area contributed by atoms with Gasteiger partial charge in [-0.2, -0.15) is 0 Å². The quantitative estimate of drug-likeness (QED) is 0.649. The predicted octanol–water partition coefficient (Wildman–Crippen LogP) is 2.24. The summed E-state index contributed by atoms with van der Waals surface area (Å²) in [6.07, 6.45) is 2.06. The minimum Gasteiger partial charge on any atom is -0.383 e.